The molecule has 1 nitrogen and oxygen atoms in total. The van der Waals surface area contributed by atoms with Crippen molar-refractivity contribution in [2.75, 3.05) is 7.11 Å². The van der Waals surface area contributed by atoms with Crippen LogP contribution in [0, 0.1) is 0 Å². The third kappa shape index (κ3) is 2.88. The highest BCUT2D eigenvalue weighted by molar-refractivity contribution is 9.10. The van der Waals surface area contributed by atoms with Gasteiger partial charge >= 0.3 is 0 Å². The molecule has 1 aromatic rings. The van der Waals surface area contributed by atoms with Crippen molar-refractivity contribution in [1.29, 1.82) is 0 Å². The summed E-state index contributed by atoms with van der Waals surface area (Å²) in [6, 6.07) is 6.15. The molecule has 0 heterocycles. The Balaban J connectivity index is 2.79. The molecule has 2 heteroatoms. The van der Waals surface area contributed by atoms with Crippen molar-refractivity contribution in [3.05, 3.63) is 40.9 Å². The van der Waals surface area contributed by atoms with Gasteiger partial charge in [-0.3, -0.25) is 0 Å². The largest absolute Gasteiger partial charge is 0.496 e. The maximum atomic E-state index is 5.19. The van der Waals surface area contributed by atoms with Crippen molar-refractivity contribution >= 4 is 15.9 Å². The maximum Gasteiger partial charge on any atom is 0.133 e. The molecule has 0 saturated heterocycles. The number of aryl methyl sites for hydroxylation is 1. The van der Waals surface area contributed by atoms with Gasteiger partial charge in [-0.15, -0.1) is 6.58 Å². The van der Waals surface area contributed by atoms with Crippen molar-refractivity contribution in [2.24, 2.45) is 0 Å². The van der Waals surface area contributed by atoms with Gasteiger partial charge in [0.25, 0.3) is 0 Å². The van der Waals surface area contributed by atoms with E-state index < -0.39 is 0 Å². The number of allylic oxidation sites excluding steroid dienone is 1. The smallest absolute Gasteiger partial charge is 0.133 e. The second-order valence-electron chi connectivity index (χ2n) is 2.80. The van der Waals surface area contributed by atoms with E-state index in [1.165, 1.54) is 5.56 Å². The van der Waals surface area contributed by atoms with E-state index in [0.717, 1.165) is 23.1 Å². The highest BCUT2D eigenvalue weighted by atomic mass is 79.9. The average Bonchev–Trinajstić information content (AvgIpc) is 2.16. The zero-order chi connectivity index (χ0) is 9.68. The highest BCUT2D eigenvalue weighted by Crippen LogP contribution is 2.25. The standard InChI is InChI=1S/C11H13BrO/c1-3-4-5-9-6-7-10(12)11(8-9)13-2/h3,6-8H,1,4-5H2,2H3. The first-order valence-corrected chi connectivity index (χ1v) is 5.00. The molecule has 1 aromatic carbocycles. The fourth-order valence-electron chi connectivity index (χ4n) is 1.13. The number of hydrogen-bond acceptors (Lipinski definition) is 1. The van der Waals surface area contributed by atoms with Gasteiger partial charge < -0.3 is 4.74 Å². The Morgan fingerprint density at radius 3 is 2.92 bits per heavy atom. The second-order valence-corrected chi connectivity index (χ2v) is 3.65. The third-order valence-corrected chi connectivity index (χ3v) is 2.51. The van der Waals surface area contributed by atoms with Crippen LogP contribution in [0.25, 0.3) is 0 Å². The zero-order valence-electron chi connectivity index (χ0n) is 7.72. The molecule has 0 amide bonds. The van der Waals surface area contributed by atoms with Gasteiger partial charge in [-0.05, 0) is 46.5 Å². The van der Waals surface area contributed by atoms with Crippen LogP contribution >= 0.6 is 15.9 Å². The average molecular weight is 241 g/mol. The summed E-state index contributed by atoms with van der Waals surface area (Å²) in [5.41, 5.74) is 1.28. The van der Waals surface area contributed by atoms with Gasteiger partial charge in [0.05, 0.1) is 11.6 Å². The molecule has 70 valence electrons. The van der Waals surface area contributed by atoms with Crippen molar-refractivity contribution in [2.45, 2.75) is 12.8 Å². The van der Waals surface area contributed by atoms with Crippen molar-refractivity contribution in [3.63, 3.8) is 0 Å². The Kier molecular flexibility index (Phi) is 4.03. The summed E-state index contributed by atoms with van der Waals surface area (Å²) in [6.45, 7) is 3.70. The molecule has 0 unspecified atom stereocenters. The van der Waals surface area contributed by atoms with Crippen LogP contribution in [0.15, 0.2) is 35.3 Å². The summed E-state index contributed by atoms with van der Waals surface area (Å²) in [7, 11) is 1.68. The van der Waals surface area contributed by atoms with E-state index in [9.17, 15) is 0 Å². The zero-order valence-corrected chi connectivity index (χ0v) is 9.30. The minimum atomic E-state index is 0.890. The summed E-state index contributed by atoms with van der Waals surface area (Å²) >= 11 is 3.41. The quantitative estimate of drug-likeness (QED) is 0.732. The molecule has 0 radical (unpaired) electrons. The molecular formula is C11H13BrO. The minimum absolute atomic E-state index is 0.890. The van der Waals surface area contributed by atoms with E-state index in [1.54, 1.807) is 7.11 Å². The molecule has 0 aromatic heterocycles. The topological polar surface area (TPSA) is 9.23 Å². The summed E-state index contributed by atoms with van der Waals surface area (Å²) < 4.78 is 6.19. The first-order valence-electron chi connectivity index (χ1n) is 4.21. The molecular weight excluding hydrogens is 228 g/mol. The number of ether oxygens (including phenoxy) is 1. The predicted octanol–water partition coefficient (Wildman–Crippen LogP) is 3.58. The van der Waals surface area contributed by atoms with Crippen LogP contribution in [-0.4, -0.2) is 7.11 Å². The van der Waals surface area contributed by atoms with Crippen LogP contribution in [0.4, 0.5) is 0 Å². The van der Waals surface area contributed by atoms with Crippen molar-refractivity contribution in [1.82, 2.24) is 0 Å². The molecule has 1 rings (SSSR count). The van der Waals surface area contributed by atoms with Gasteiger partial charge in [-0.1, -0.05) is 12.1 Å². The van der Waals surface area contributed by atoms with Gasteiger partial charge in [0.2, 0.25) is 0 Å². The van der Waals surface area contributed by atoms with Gasteiger partial charge in [0.15, 0.2) is 0 Å². The van der Waals surface area contributed by atoms with Crippen LogP contribution in [0.2, 0.25) is 0 Å². The van der Waals surface area contributed by atoms with Gasteiger partial charge in [0.1, 0.15) is 5.75 Å². The molecule has 13 heavy (non-hydrogen) atoms. The second kappa shape index (κ2) is 5.07. The third-order valence-electron chi connectivity index (χ3n) is 1.85. The fraction of sp³-hybridized carbons (Fsp3) is 0.273. The Hall–Kier alpha value is -0.760. The van der Waals surface area contributed by atoms with Crippen LogP contribution < -0.4 is 4.74 Å². The lowest BCUT2D eigenvalue weighted by molar-refractivity contribution is 0.411. The lowest BCUT2D eigenvalue weighted by Crippen LogP contribution is -1.88. The summed E-state index contributed by atoms with van der Waals surface area (Å²) in [6.07, 6.45) is 3.95. The van der Waals surface area contributed by atoms with Crippen molar-refractivity contribution < 1.29 is 4.74 Å². The normalized spacial score (nSPS) is 9.69. The SMILES string of the molecule is C=CCCc1ccc(Br)c(OC)c1. The molecule has 0 N–H and O–H groups in total. The molecule has 0 aliphatic carbocycles. The van der Waals surface area contributed by atoms with Gasteiger partial charge in [0, 0.05) is 0 Å². The number of halogens is 1. The monoisotopic (exact) mass is 240 g/mol. The predicted molar refractivity (Wildman–Crippen MR) is 59.2 cm³/mol. The van der Waals surface area contributed by atoms with E-state index in [-0.39, 0.29) is 0 Å². The van der Waals surface area contributed by atoms with E-state index in [1.807, 2.05) is 18.2 Å². The lowest BCUT2D eigenvalue weighted by Gasteiger charge is -2.05. The molecule has 0 aliphatic rings. The molecule has 0 saturated carbocycles. The molecule has 0 spiro atoms. The van der Waals surface area contributed by atoms with Crippen LogP contribution in [0.3, 0.4) is 0 Å². The minimum Gasteiger partial charge on any atom is -0.496 e. The molecule has 0 bridgehead atoms. The number of benzene rings is 1. The summed E-state index contributed by atoms with van der Waals surface area (Å²) in [5.74, 6) is 0.890. The Bertz CT molecular complexity index is 294. The first kappa shape index (κ1) is 10.3. The fourth-order valence-corrected chi connectivity index (χ4v) is 1.54. The highest BCUT2D eigenvalue weighted by Gasteiger charge is 2.00. The van der Waals surface area contributed by atoms with E-state index in [0.29, 0.717) is 0 Å². The van der Waals surface area contributed by atoms with E-state index >= 15 is 0 Å². The lowest BCUT2D eigenvalue weighted by atomic mass is 10.1. The van der Waals surface area contributed by atoms with E-state index in [4.69, 9.17) is 4.74 Å². The molecule has 0 fully saturated rings. The molecule has 0 atom stereocenters. The van der Waals surface area contributed by atoms with E-state index in [2.05, 4.69) is 28.6 Å². The number of hydrogen-bond donors (Lipinski definition) is 0. The van der Waals surface area contributed by atoms with Crippen LogP contribution in [-0.2, 0) is 6.42 Å². The van der Waals surface area contributed by atoms with Gasteiger partial charge in [-0.2, -0.15) is 0 Å². The maximum absolute atomic E-state index is 5.19. The first-order chi connectivity index (χ1) is 6.27. The Morgan fingerprint density at radius 1 is 1.54 bits per heavy atom. The number of methoxy groups -OCH3 is 1. The Morgan fingerprint density at radius 2 is 2.31 bits per heavy atom. The van der Waals surface area contributed by atoms with Crippen molar-refractivity contribution in [3.8, 4) is 5.75 Å². The number of rotatable bonds is 4. The van der Waals surface area contributed by atoms with Gasteiger partial charge in [-0.25, -0.2) is 0 Å². The van der Waals surface area contributed by atoms with Crippen LogP contribution in [0.1, 0.15) is 12.0 Å². The summed E-state index contributed by atoms with van der Waals surface area (Å²) in [4.78, 5) is 0. The van der Waals surface area contributed by atoms with Crippen LogP contribution in [0.5, 0.6) is 5.75 Å². The Labute approximate surface area is 87.5 Å². The molecule has 0 aliphatic heterocycles. The summed E-state index contributed by atoms with van der Waals surface area (Å²) in [5, 5.41) is 0.